The summed E-state index contributed by atoms with van der Waals surface area (Å²) < 4.78 is 1.43. The number of H-pyrrole nitrogens is 1. The van der Waals surface area contributed by atoms with Gasteiger partial charge in [-0.05, 0) is 60.7 Å². The van der Waals surface area contributed by atoms with Crippen molar-refractivity contribution in [2.24, 2.45) is 5.92 Å². The molecule has 1 saturated carbocycles. The number of halogens is 1. The Bertz CT molecular complexity index is 1290. The maximum atomic E-state index is 13.8. The summed E-state index contributed by atoms with van der Waals surface area (Å²) in [6.45, 7) is 0. The van der Waals surface area contributed by atoms with Crippen LogP contribution in [-0.4, -0.2) is 23.9 Å². The van der Waals surface area contributed by atoms with Gasteiger partial charge in [-0.3, -0.25) is 9.89 Å². The van der Waals surface area contributed by atoms with Gasteiger partial charge in [-0.1, -0.05) is 55.8 Å². The van der Waals surface area contributed by atoms with E-state index in [9.17, 15) is 15.3 Å². The van der Waals surface area contributed by atoms with Crippen molar-refractivity contribution in [2.45, 2.75) is 50.4 Å². The Kier molecular flexibility index (Phi) is 7.34. The second-order valence-electron chi connectivity index (χ2n) is 9.54. The summed E-state index contributed by atoms with van der Waals surface area (Å²) in [6.07, 6.45) is 7.64. The molecule has 1 aliphatic carbocycles. The van der Waals surface area contributed by atoms with E-state index in [-0.39, 0.29) is 11.1 Å². The number of nitriles is 2. The fourth-order valence-electron chi connectivity index (χ4n) is 5.07. The van der Waals surface area contributed by atoms with E-state index < -0.39 is 5.41 Å². The van der Waals surface area contributed by atoms with Crippen LogP contribution in [0.1, 0.15) is 55.3 Å². The molecule has 0 spiro atoms. The first-order chi connectivity index (χ1) is 16.9. The summed E-state index contributed by atoms with van der Waals surface area (Å²) in [5.74, 6) is 0.594. The van der Waals surface area contributed by atoms with Crippen LogP contribution < -0.4 is 10.5 Å². The average Bonchev–Trinajstić information content (AvgIpc) is 3.22. The van der Waals surface area contributed by atoms with Gasteiger partial charge >= 0.3 is 0 Å². The van der Waals surface area contributed by atoms with Gasteiger partial charge < -0.3 is 4.90 Å². The predicted molar refractivity (Wildman–Crippen MR) is 139 cm³/mol. The summed E-state index contributed by atoms with van der Waals surface area (Å²) in [5, 5.41) is 24.6. The fraction of sp³-hybridized carbons (Fsp3) is 0.393. The lowest BCUT2D eigenvalue weighted by Gasteiger charge is -2.23. The average molecular weight is 488 g/mol. The van der Waals surface area contributed by atoms with Crippen LogP contribution in [0.5, 0.6) is 0 Å². The first-order valence-corrected chi connectivity index (χ1v) is 12.5. The SMILES string of the molecule is CN(C)c1ccc(C(C#N)(C#N)c2c(CCC3CCCCC3)[nH]n(-c3ccc(Cl)cc3)c2=O)cc1. The smallest absolute Gasteiger partial charge is 0.277 e. The lowest BCUT2D eigenvalue weighted by molar-refractivity contribution is 0.338. The molecule has 2 aromatic carbocycles. The van der Waals surface area contributed by atoms with Gasteiger partial charge in [-0.2, -0.15) is 10.5 Å². The Hall–Kier alpha value is -3.48. The molecule has 0 aliphatic heterocycles. The summed E-state index contributed by atoms with van der Waals surface area (Å²) in [6, 6.07) is 18.6. The molecule has 4 rings (SSSR count). The van der Waals surface area contributed by atoms with Crippen molar-refractivity contribution in [3.8, 4) is 17.8 Å². The zero-order valence-electron chi connectivity index (χ0n) is 20.2. The van der Waals surface area contributed by atoms with Crippen LogP contribution in [0.3, 0.4) is 0 Å². The van der Waals surface area contributed by atoms with Gasteiger partial charge in [0.1, 0.15) is 0 Å². The van der Waals surface area contributed by atoms with Crippen LogP contribution in [0.25, 0.3) is 5.69 Å². The molecule has 0 saturated heterocycles. The van der Waals surface area contributed by atoms with Crippen LogP contribution in [0.2, 0.25) is 5.02 Å². The Balaban J connectivity index is 1.84. The number of hydrogen-bond acceptors (Lipinski definition) is 4. The molecule has 6 nitrogen and oxygen atoms in total. The van der Waals surface area contributed by atoms with Crippen LogP contribution in [-0.2, 0) is 11.8 Å². The minimum atomic E-state index is -1.72. The maximum absolute atomic E-state index is 13.8. The second-order valence-corrected chi connectivity index (χ2v) is 9.98. The fourth-order valence-corrected chi connectivity index (χ4v) is 5.19. The zero-order chi connectivity index (χ0) is 25.0. The number of anilines is 1. The molecular weight excluding hydrogens is 458 g/mol. The van der Waals surface area contributed by atoms with E-state index in [4.69, 9.17) is 11.6 Å². The number of aromatic amines is 1. The minimum Gasteiger partial charge on any atom is -0.378 e. The predicted octanol–water partition coefficient (Wildman–Crippen LogP) is 5.73. The van der Waals surface area contributed by atoms with Gasteiger partial charge in [-0.25, -0.2) is 4.68 Å². The highest BCUT2D eigenvalue weighted by molar-refractivity contribution is 6.30. The van der Waals surface area contributed by atoms with Gasteiger partial charge in [0.15, 0.2) is 0 Å². The van der Waals surface area contributed by atoms with E-state index in [0.717, 1.165) is 12.1 Å². The summed E-state index contributed by atoms with van der Waals surface area (Å²) in [7, 11) is 3.86. The molecule has 1 aliphatic rings. The van der Waals surface area contributed by atoms with Crippen LogP contribution in [0.15, 0.2) is 53.3 Å². The first-order valence-electron chi connectivity index (χ1n) is 12.1. The van der Waals surface area contributed by atoms with Gasteiger partial charge in [0.25, 0.3) is 5.56 Å². The molecule has 0 atom stereocenters. The van der Waals surface area contributed by atoms with Crippen molar-refractivity contribution in [3.63, 3.8) is 0 Å². The molecule has 1 aromatic heterocycles. The van der Waals surface area contributed by atoms with Crippen molar-refractivity contribution in [2.75, 3.05) is 19.0 Å². The summed E-state index contributed by atoms with van der Waals surface area (Å²) in [5.41, 5.74) is 0.803. The normalized spacial score (nSPS) is 14.3. The van der Waals surface area contributed by atoms with Crippen LogP contribution in [0, 0.1) is 28.6 Å². The van der Waals surface area contributed by atoms with Gasteiger partial charge in [0.05, 0.1) is 23.4 Å². The number of nitrogens with one attached hydrogen (secondary N) is 1. The Morgan fingerprint density at radius 3 is 2.23 bits per heavy atom. The molecule has 3 aromatic rings. The van der Waals surface area contributed by atoms with E-state index in [0.29, 0.717) is 34.3 Å². The van der Waals surface area contributed by atoms with Crippen molar-refractivity contribution >= 4 is 17.3 Å². The second kappa shape index (κ2) is 10.4. The Morgan fingerprint density at radius 1 is 1.03 bits per heavy atom. The first kappa shape index (κ1) is 24.6. The Labute approximate surface area is 211 Å². The highest BCUT2D eigenvalue weighted by Gasteiger charge is 2.41. The standard InChI is InChI=1S/C28H30ClN5O/c1-33(2)23-13-9-21(10-14-23)28(18-30,19-31)26-25(17-8-20-6-4-3-5-7-20)32-34(27(26)35)24-15-11-22(29)12-16-24/h9-16,20,32H,3-8,17H2,1-2H3. The molecular formula is C28H30ClN5O. The molecule has 35 heavy (non-hydrogen) atoms. The topological polar surface area (TPSA) is 88.6 Å². The maximum Gasteiger partial charge on any atom is 0.277 e. The number of aryl methyl sites for hydroxylation is 1. The molecule has 1 fully saturated rings. The lowest BCUT2D eigenvalue weighted by atomic mass is 9.76. The van der Waals surface area contributed by atoms with Gasteiger partial charge in [-0.15, -0.1) is 0 Å². The summed E-state index contributed by atoms with van der Waals surface area (Å²) >= 11 is 6.06. The monoisotopic (exact) mass is 487 g/mol. The lowest BCUT2D eigenvalue weighted by Crippen LogP contribution is -2.32. The van der Waals surface area contributed by atoms with Crippen LogP contribution in [0.4, 0.5) is 5.69 Å². The number of rotatable bonds is 7. The van der Waals surface area contributed by atoms with E-state index in [1.807, 2.05) is 31.1 Å². The zero-order valence-corrected chi connectivity index (χ0v) is 21.0. The minimum absolute atomic E-state index is 0.214. The highest BCUT2D eigenvalue weighted by atomic mass is 35.5. The number of aromatic nitrogens is 2. The third-order valence-electron chi connectivity index (χ3n) is 7.10. The molecule has 7 heteroatoms. The van der Waals surface area contributed by atoms with Crippen molar-refractivity contribution in [1.82, 2.24) is 9.78 Å². The molecule has 0 unspecified atom stereocenters. The molecule has 1 N–H and O–H groups in total. The van der Waals surface area contributed by atoms with E-state index in [2.05, 4.69) is 17.2 Å². The molecule has 0 amide bonds. The number of benzene rings is 2. The van der Waals surface area contributed by atoms with E-state index in [1.54, 1.807) is 36.4 Å². The van der Waals surface area contributed by atoms with Crippen molar-refractivity contribution in [1.29, 1.82) is 10.5 Å². The quantitative estimate of drug-likeness (QED) is 0.460. The number of hydrogen-bond donors (Lipinski definition) is 1. The molecule has 1 heterocycles. The van der Waals surface area contributed by atoms with Gasteiger partial charge in [0, 0.05) is 30.5 Å². The third-order valence-corrected chi connectivity index (χ3v) is 7.36. The number of nitrogens with zero attached hydrogens (tertiary/aromatic N) is 4. The summed E-state index contributed by atoms with van der Waals surface area (Å²) in [4.78, 5) is 15.8. The Morgan fingerprint density at radius 2 is 1.66 bits per heavy atom. The highest BCUT2D eigenvalue weighted by Crippen LogP contribution is 2.34. The molecule has 180 valence electrons. The molecule has 0 radical (unpaired) electrons. The third kappa shape index (κ3) is 4.85. The van der Waals surface area contributed by atoms with E-state index in [1.165, 1.54) is 36.8 Å². The van der Waals surface area contributed by atoms with Crippen molar-refractivity contribution < 1.29 is 0 Å². The largest absolute Gasteiger partial charge is 0.378 e. The molecule has 0 bridgehead atoms. The van der Waals surface area contributed by atoms with Gasteiger partial charge in [0.2, 0.25) is 5.41 Å². The van der Waals surface area contributed by atoms with Crippen molar-refractivity contribution in [3.05, 3.63) is 80.7 Å². The van der Waals surface area contributed by atoms with E-state index >= 15 is 0 Å². The van der Waals surface area contributed by atoms with Crippen LogP contribution >= 0.6 is 11.6 Å².